The highest BCUT2D eigenvalue weighted by Crippen LogP contribution is 2.15. The van der Waals surface area contributed by atoms with Crippen LogP contribution in [0.2, 0.25) is 0 Å². The molecular formula is C14H11N7O3. The third-order valence-corrected chi connectivity index (χ3v) is 3.25. The number of hydrogen-bond donors (Lipinski definition) is 1. The Bertz CT molecular complexity index is 1020. The fourth-order valence-corrected chi connectivity index (χ4v) is 2.14. The van der Waals surface area contributed by atoms with Gasteiger partial charge in [-0.05, 0) is 13.0 Å². The Balaban J connectivity index is 1.47. The van der Waals surface area contributed by atoms with Crippen molar-refractivity contribution in [1.82, 2.24) is 35.2 Å². The summed E-state index contributed by atoms with van der Waals surface area (Å²) in [7, 11) is 0. The van der Waals surface area contributed by atoms with E-state index < -0.39 is 0 Å². The van der Waals surface area contributed by atoms with Crippen molar-refractivity contribution in [1.29, 1.82) is 0 Å². The zero-order chi connectivity index (χ0) is 16.5. The molecule has 4 aromatic rings. The number of aromatic nitrogens is 6. The van der Waals surface area contributed by atoms with E-state index in [4.69, 9.17) is 9.05 Å². The summed E-state index contributed by atoms with van der Waals surface area (Å²) in [6, 6.07) is 3.42. The van der Waals surface area contributed by atoms with Crippen LogP contribution >= 0.6 is 0 Å². The molecule has 0 saturated carbocycles. The highest BCUT2D eigenvalue weighted by molar-refractivity contribution is 5.99. The number of nitrogens with zero attached hydrogens (tertiary/aromatic N) is 6. The average Bonchev–Trinajstić information content (AvgIpc) is 3.31. The minimum Gasteiger partial charge on any atom is -0.361 e. The van der Waals surface area contributed by atoms with Gasteiger partial charge in [0.05, 0.1) is 12.7 Å². The van der Waals surface area contributed by atoms with Crippen molar-refractivity contribution in [3.8, 4) is 11.5 Å². The van der Waals surface area contributed by atoms with E-state index in [0.717, 1.165) is 0 Å². The Morgan fingerprint density at radius 1 is 1.33 bits per heavy atom. The number of amides is 1. The molecule has 0 aliphatic heterocycles. The quantitative estimate of drug-likeness (QED) is 0.589. The first-order valence-corrected chi connectivity index (χ1v) is 7.03. The smallest absolute Gasteiger partial charge is 0.257 e. The van der Waals surface area contributed by atoms with Crippen LogP contribution in [0.25, 0.3) is 17.2 Å². The molecule has 0 unspecified atom stereocenters. The first kappa shape index (κ1) is 14.1. The molecule has 0 aromatic carbocycles. The molecule has 10 heteroatoms. The zero-order valence-electron chi connectivity index (χ0n) is 12.5. The third-order valence-electron chi connectivity index (χ3n) is 3.25. The molecule has 1 amide bonds. The average molecular weight is 325 g/mol. The van der Waals surface area contributed by atoms with Crippen molar-refractivity contribution in [2.24, 2.45) is 0 Å². The maximum absolute atomic E-state index is 12.3. The second-order valence-corrected chi connectivity index (χ2v) is 4.96. The molecule has 120 valence electrons. The molecular weight excluding hydrogens is 314 g/mol. The molecule has 4 aromatic heterocycles. The molecule has 0 atom stereocenters. The van der Waals surface area contributed by atoms with E-state index in [-0.39, 0.29) is 18.3 Å². The molecule has 0 aliphatic rings. The van der Waals surface area contributed by atoms with E-state index in [1.165, 1.54) is 10.7 Å². The van der Waals surface area contributed by atoms with Crippen LogP contribution in [-0.4, -0.2) is 35.8 Å². The zero-order valence-corrected chi connectivity index (χ0v) is 12.5. The third kappa shape index (κ3) is 2.49. The van der Waals surface area contributed by atoms with Crippen LogP contribution in [0.15, 0.2) is 39.8 Å². The highest BCUT2D eigenvalue weighted by atomic mass is 16.5. The van der Waals surface area contributed by atoms with Crippen molar-refractivity contribution < 1.29 is 13.8 Å². The molecule has 4 heterocycles. The minimum atomic E-state index is -0.333. The van der Waals surface area contributed by atoms with Gasteiger partial charge >= 0.3 is 0 Å². The van der Waals surface area contributed by atoms with Gasteiger partial charge in [-0.25, -0.2) is 9.50 Å². The summed E-state index contributed by atoms with van der Waals surface area (Å²) in [4.78, 5) is 20.5. The van der Waals surface area contributed by atoms with E-state index in [1.54, 1.807) is 31.5 Å². The Hall–Kier alpha value is -3.56. The van der Waals surface area contributed by atoms with Crippen molar-refractivity contribution in [3.05, 3.63) is 47.9 Å². The lowest BCUT2D eigenvalue weighted by Gasteiger charge is -1.99. The van der Waals surface area contributed by atoms with Gasteiger partial charge in [0.2, 0.25) is 11.7 Å². The van der Waals surface area contributed by atoms with Crippen molar-refractivity contribution in [3.63, 3.8) is 0 Å². The van der Waals surface area contributed by atoms with Crippen LogP contribution in [0.1, 0.15) is 22.0 Å². The van der Waals surface area contributed by atoms with Gasteiger partial charge in [-0.3, -0.25) is 4.79 Å². The lowest BCUT2D eigenvalue weighted by Crippen LogP contribution is -2.23. The van der Waals surface area contributed by atoms with Crippen LogP contribution in [0.4, 0.5) is 0 Å². The maximum atomic E-state index is 12.3. The van der Waals surface area contributed by atoms with Crippen molar-refractivity contribution in [2.45, 2.75) is 13.5 Å². The van der Waals surface area contributed by atoms with Gasteiger partial charge in [-0.2, -0.15) is 10.1 Å². The normalized spacial score (nSPS) is 11.0. The summed E-state index contributed by atoms with van der Waals surface area (Å²) in [5.74, 6) is 0.864. The summed E-state index contributed by atoms with van der Waals surface area (Å²) in [5.41, 5.74) is 1.31. The second kappa shape index (κ2) is 5.57. The molecule has 0 radical (unpaired) electrons. The number of rotatable bonds is 4. The molecule has 24 heavy (non-hydrogen) atoms. The van der Waals surface area contributed by atoms with E-state index in [0.29, 0.717) is 28.5 Å². The van der Waals surface area contributed by atoms with Crippen LogP contribution in [-0.2, 0) is 6.54 Å². The predicted molar refractivity (Wildman–Crippen MR) is 78.7 cm³/mol. The van der Waals surface area contributed by atoms with Crippen LogP contribution in [0.3, 0.4) is 0 Å². The van der Waals surface area contributed by atoms with Gasteiger partial charge < -0.3 is 14.4 Å². The van der Waals surface area contributed by atoms with E-state index in [9.17, 15) is 4.79 Å². The van der Waals surface area contributed by atoms with Gasteiger partial charge in [-0.1, -0.05) is 10.3 Å². The lowest BCUT2D eigenvalue weighted by atomic mass is 10.3. The van der Waals surface area contributed by atoms with Crippen LogP contribution in [0, 0.1) is 6.92 Å². The first-order chi connectivity index (χ1) is 11.7. The SMILES string of the molecule is Cc1cc(-c2noc(CNC(=O)c3cnn4cccnc34)n2)no1. The molecule has 1 N–H and O–H groups in total. The van der Waals surface area contributed by atoms with Crippen molar-refractivity contribution >= 4 is 11.6 Å². The molecule has 0 spiro atoms. The van der Waals surface area contributed by atoms with Crippen molar-refractivity contribution in [2.75, 3.05) is 0 Å². The van der Waals surface area contributed by atoms with E-state index in [1.807, 2.05) is 0 Å². The van der Waals surface area contributed by atoms with Crippen LogP contribution < -0.4 is 5.32 Å². The predicted octanol–water partition coefficient (Wildman–Crippen LogP) is 1.01. The van der Waals surface area contributed by atoms with Gasteiger partial charge in [-0.15, -0.1) is 0 Å². The number of fused-ring (bicyclic) bond motifs is 1. The Morgan fingerprint density at radius 3 is 3.08 bits per heavy atom. The van der Waals surface area contributed by atoms with Crippen LogP contribution in [0.5, 0.6) is 0 Å². The highest BCUT2D eigenvalue weighted by Gasteiger charge is 2.16. The molecule has 0 aliphatic carbocycles. The Morgan fingerprint density at radius 2 is 2.25 bits per heavy atom. The lowest BCUT2D eigenvalue weighted by molar-refractivity contribution is 0.0947. The molecule has 10 nitrogen and oxygen atoms in total. The number of carbonyl (C=O) groups excluding carboxylic acids is 1. The molecule has 0 bridgehead atoms. The summed E-state index contributed by atoms with van der Waals surface area (Å²) in [6.45, 7) is 1.84. The second-order valence-electron chi connectivity index (χ2n) is 4.96. The van der Waals surface area contributed by atoms with Gasteiger partial charge in [0.1, 0.15) is 11.3 Å². The standard InChI is InChI=1S/C14H11N7O3/c1-8-5-10(19-23-8)12-18-11(24-20-12)7-16-14(22)9-6-17-21-4-2-3-15-13(9)21/h2-6H,7H2,1H3,(H,16,22). The largest absolute Gasteiger partial charge is 0.361 e. The number of carbonyl (C=O) groups is 1. The first-order valence-electron chi connectivity index (χ1n) is 7.03. The summed E-state index contributed by atoms with van der Waals surface area (Å²) < 4.78 is 11.6. The Labute approximate surface area is 134 Å². The maximum Gasteiger partial charge on any atom is 0.257 e. The number of hydrogen-bond acceptors (Lipinski definition) is 8. The number of aryl methyl sites for hydroxylation is 1. The molecule has 0 fully saturated rings. The summed E-state index contributed by atoms with van der Waals surface area (Å²) >= 11 is 0. The van der Waals surface area contributed by atoms with E-state index >= 15 is 0 Å². The van der Waals surface area contributed by atoms with Gasteiger partial charge in [0.15, 0.2) is 11.3 Å². The Kier molecular flexibility index (Phi) is 3.26. The molecule has 0 saturated heterocycles. The van der Waals surface area contributed by atoms with Gasteiger partial charge in [0.25, 0.3) is 5.91 Å². The van der Waals surface area contributed by atoms with Gasteiger partial charge in [0, 0.05) is 18.5 Å². The fraction of sp³-hybridized carbons (Fsp3) is 0.143. The molecule has 4 rings (SSSR count). The monoisotopic (exact) mass is 325 g/mol. The summed E-state index contributed by atoms with van der Waals surface area (Å²) in [5, 5.41) is 14.4. The topological polar surface area (TPSA) is 124 Å². The van der Waals surface area contributed by atoms with E-state index in [2.05, 4.69) is 30.7 Å². The summed E-state index contributed by atoms with van der Waals surface area (Å²) in [6.07, 6.45) is 4.76. The minimum absolute atomic E-state index is 0.0762. The fourth-order valence-electron chi connectivity index (χ4n) is 2.14. The number of nitrogens with one attached hydrogen (secondary N) is 1.